The highest BCUT2D eigenvalue weighted by molar-refractivity contribution is 7.13. The van der Waals surface area contributed by atoms with Gasteiger partial charge in [0, 0.05) is 29.4 Å². The lowest BCUT2D eigenvalue weighted by molar-refractivity contribution is 0.782. The summed E-state index contributed by atoms with van der Waals surface area (Å²) in [5.74, 6) is 0.687. The van der Waals surface area contributed by atoms with Crippen LogP contribution < -0.4 is 5.73 Å². The average molecular weight is 270 g/mol. The molecule has 0 aliphatic carbocycles. The van der Waals surface area contributed by atoms with E-state index in [1.807, 2.05) is 37.6 Å². The van der Waals surface area contributed by atoms with Crippen LogP contribution in [-0.4, -0.2) is 14.8 Å². The molecular weight excluding hydrogens is 256 g/mol. The summed E-state index contributed by atoms with van der Waals surface area (Å²) in [6.07, 6.45) is 1.80. The fourth-order valence-corrected chi connectivity index (χ4v) is 2.88. The number of nitrogen functional groups attached to an aromatic ring is 1. The first-order chi connectivity index (χ1) is 9.16. The molecule has 3 aromatic rings. The lowest BCUT2D eigenvalue weighted by atomic mass is 10.1. The van der Waals surface area contributed by atoms with Crippen LogP contribution in [0.3, 0.4) is 0 Å². The Balaban J connectivity index is 2.25. The van der Waals surface area contributed by atoms with Crippen LogP contribution >= 0.6 is 11.3 Å². The Bertz CT molecular complexity index is 713. The minimum absolute atomic E-state index is 0.687. The average Bonchev–Trinajstić information content (AvgIpc) is 2.99. The fraction of sp³-hybridized carbons (Fsp3) is 0.143. The summed E-state index contributed by atoms with van der Waals surface area (Å²) in [4.78, 5) is 5.36. The Hall–Kier alpha value is -2.14. The monoisotopic (exact) mass is 270 g/mol. The van der Waals surface area contributed by atoms with E-state index in [0.717, 1.165) is 27.4 Å². The molecule has 0 unspecified atom stereocenters. The first-order valence-electron chi connectivity index (χ1n) is 5.96. The van der Waals surface area contributed by atoms with E-state index in [9.17, 15) is 0 Å². The smallest absolute Gasteiger partial charge is 0.130 e. The van der Waals surface area contributed by atoms with Crippen LogP contribution in [0.4, 0.5) is 5.82 Å². The fourth-order valence-electron chi connectivity index (χ4n) is 2.10. The van der Waals surface area contributed by atoms with Gasteiger partial charge in [0.2, 0.25) is 0 Å². The number of nitrogens with zero attached hydrogens (tertiary/aromatic N) is 3. The van der Waals surface area contributed by atoms with Crippen molar-refractivity contribution < 1.29 is 0 Å². The second kappa shape index (κ2) is 4.51. The predicted molar refractivity (Wildman–Crippen MR) is 78.9 cm³/mol. The van der Waals surface area contributed by atoms with E-state index in [1.165, 1.54) is 0 Å². The molecule has 0 aliphatic heterocycles. The van der Waals surface area contributed by atoms with Crippen molar-refractivity contribution in [1.29, 1.82) is 0 Å². The van der Waals surface area contributed by atoms with E-state index in [4.69, 9.17) is 5.73 Å². The normalized spacial score (nSPS) is 10.8. The largest absolute Gasteiger partial charge is 0.383 e. The third kappa shape index (κ3) is 2.02. The van der Waals surface area contributed by atoms with E-state index in [1.54, 1.807) is 22.2 Å². The molecule has 0 fully saturated rings. The first-order valence-corrected chi connectivity index (χ1v) is 6.84. The first kappa shape index (κ1) is 11.9. The molecule has 0 saturated heterocycles. The Morgan fingerprint density at radius 3 is 2.84 bits per heavy atom. The zero-order chi connectivity index (χ0) is 13.4. The number of rotatable bonds is 2. The van der Waals surface area contributed by atoms with Gasteiger partial charge < -0.3 is 5.73 Å². The van der Waals surface area contributed by atoms with Crippen LogP contribution in [0.1, 0.15) is 5.69 Å². The maximum atomic E-state index is 6.16. The van der Waals surface area contributed by atoms with Crippen molar-refractivity contribution in [3.63, 3.8) is 0 Å². The highest BCUT2D eigenvalue weighted by atomic mass is 32.1. The zero-order valence-electron chi connectivity index (χ0n) is 10.8. The molecule has 4 nitrogen and oxygen atoms in total. The van der Waals surface area contributed by atoms with Crippen LogP contribution in [0.2, 0.25) is 0 Å². The van der Waals surface area contributed by atoms with Crippen LogP contribution in [0, 0.1) is 6.92 Å². The van der Waals surface area contributed by atoms with Crippen molar-refractivity contribution >= 4 is 17.2 Å². The Morgan fingerprint density at radius 2 is 2.16 bits per heavy atom. The number of thiophene rings is 1. The molecule has 0 radical (unpaired) electrons. The van der Waals surface area contributed by atoms with Gasteiger partial charge in [0.15, 0.2) is 0 Å². The van der Waals surface area contributed by atoms with Gasteiger partial charge in [-0.3, -0.25) is 9.67 Å². The molecule has 5 heteroatoms. The molecule has 3 rings (SSSR count). The molecule has 96 valence electrons. The topological polar surface area (TPSA) is 56.7 Å². The Labute approximate surface area is 115 Å². The molecule has 3 aromatic heterocycles. The SMILES string of the molecule is Cc1cc(-c2nn(C)c(N)c2-c2cccs2)ccn1. The lowest BCUT2D eigenvalue weighted by Crippen LogP contribution is -1.97. The predicted octanol–water partition coefficient (Wildman–Crippen LogP) is 3.10. The second-order valence-corrected chi connectivity index (χ2v) is 5.34. The molecular formula is C14H14N4S. The van der Waals surface area contributed by atoms with E-state index < -0.39 is 0 Å². The van der Waals surface area contributed by atoms with Gasteiger partial charge in [0.1, 0.15) is 11.5 Å². The van der Waals surface area contributed by atoms with E-state index in [2.05, 4.69) is 16.1 Å². The van der Waals surface area contributed by atoms with Crippen molar-refractivity contribution in [3.05, 3.63) is 41.5 Å². The maximum Gasteiger partial charge on any atom is 0.130 e. The molecule has 3 heterocycles. The summed E-state index contributed by atoms with van der Waals surface area (Å²) in [6, 6.07) is 8.08. The van der Waals surface area contributed by atoms with Crippen molar-refractivity contribution in [2.75, 3.05) is 5.73 Å². The van der Waals surface area contributed by atoms with Crippen LogP contribution in [0.15, 0.2) is 35.8 Å². The quantitative estimate of drug-likeness (QED) is 0.778. The molecule has 0 saturated carbocycles. The molecule has 2 N–H and O–H groups in total. The summed E-state index contributed by atoms with van der Waals surface area (Å²) < 4.78 is 1.72. The number of aromatic nitrogens is 3. The molecule has 0 aliphatic rings. The Kier molecular flexibility index (Phi) is 2.83. The third-order valence-electron chi connectivity index (χ3n) is 3.03. The minimum atomic E-state index is 0.687. The van der Waals surface area contributed by atoms with Gasteiger partial charge in [-0.2, -0.15) is 5.10 Å². The van der Waals surface area contributed by atoms with Crippen molar-refractivity contribution in [3.8, 4) is 21.7 Å². The van der Waals surface area contributed by atoms with Gasteiger partial charge in [-0.25, -0.2) is 0 Å². The van der Waals surface area contributed by atoms with E-state index >= 15 is 0 Å². The summed E-state index contributed by atoms with van der Waals surface area (Å²) in [5.41, 5.74) is 10.1. The van der Waals surface area contributed by atoms with Crippen molar-refractivity contribution in [1.82, 2.24) is 14.8 Å². The minimum Gasteiger partial charge on any atom is -0.383 e. The number of aryl methyl sites for hydroxylation is 2. The van der Waals surface area contributed by atoms with E-state index in [0.29, 0.717) is 5.82 Å². The van der Waals surface area contributed by atoms with Crippen LogP contribution in [-0.2, 0) is 7.05 Å². The summed E-state index contributed by atoms with van der Waals surface area (Å²) in [7, 11) is 1.87. The van der Waals surface area contributed by atoms with Gasteiger partial charge in [-0.1, -0.05) is 6.07 Å². The molecule has 19 heavy (non-hydrogen) atoms. The van der Waals surface area contributed by atoms with Crippen molar-refractivity contribution in [2.45, 2.75) is 6.92 Å². The lowest BCUT2D eigenvalue weighted by Gasteiger charge is -2.02. The highest BCUT2D eigenvalue weighted by Gasteiger charge is 2.18. The van der Waals surface area contributed by atoms with Crippen molar-refractivity contribution in [2.24, 2.45) is 7.05 Å². The summed E-state index contributed by atoms with van der Waals surface area (Å²) in [6.45, 7) is 1.97. The molecule has 0 atom stereocenters. The third-order valence-corrected chi connectivity index (χ3v) is 3.92. The summed E-state index contributed by atoms with van der Waals surface area (Å²) in [5, 5.41) is 6.59. The summed E-state index contributed by atoms with van der Waals surface area (Å²) >= 11 is 1.67. The van der Waals surface area contributed by atoms with Gasteiger partial charge in [0.25, 0.3) is 0 Å². The standard InChI is InChI=1S/C14H14N4S/c1-9-8-10(5-6-16-9)13-12(11-4-3-7-19-11)14(15)18(2)17-13/h3-8H,15H2,1-2H3. The molecule has 0 bridgehead atoms. The van der Waals surface area contributed by atoms with Crippen LogP contribution in [0.25, 0.3) is 21.7 Å². The van der Waals surface area contributed by atoms with E-state index in [-0.39, 0.29) is 0 Å². The molecule has 0 aromatic carbocycles. The molecule has 0 amide bonds. The van der Waals surface area contributed by atoms with Gasteiger partial charge in [-0.15, -0.1) is 11.3 Å². The highest BCUT2D eigenvalue weighted by Crippen LogP contribution is 2.38. The number of hydrogen-bond donors (Lipinski definition) is 1. The number of nitrogens with two attached hydrogens (primary N) is 1. The molecule has 0 spiro atoms. The van der Waals surface area contributed by atoms with Crippen LogP contribution in [0.5, 0.6) is 0 Å². The second-order valence-electron chi connectivity index (χ2n) is 4.40. The van der Waals surface area contributed by atoms with Gasteiger partial charge in [0.05, 0.1) is 5.56 Å². The number of pyridine rings is 1. The number of hydrogen-bond acceptors (Lipinski definition) is 4. The zero-order valence-corrected chi connectivity index (χ0v) is 11.6. The van der Waals surface area contributed by atoms with Gasteiger partial charge >= 0.3 is 0 Å². The Morgan fingerprint density at radius 1 is 1.32 bits per heavy atom. The van der Waals surface area contributed by atoms with Gasteiger partial charge in [-0.05, 0) is 30.5 Å². The maximum absolute atomic E-state index is 6.16. The number of anilines is 1.